The molecule has 20 heavy (non-hydrogen) atoms. The number of likely N-dealkylation sites (N-methyl/N-ethyl adjacent to an activating group) is 1. The third-order valence-corrected chi connectivity index (χ3v) is 3.63. The number of hydrogen-bond donors (Lipinski definition) is 1. The van der Waals surface area contributed by atoms with Crippen LogP contribution in [0.5, 0.6) is 0 Å². The van der Waals surface area contributed by atoms with E-state index in [4.69, 9.17) is 0 Å². The maximum Gasteiger partial charge on any atom is 0.138 e. The summed E-state index contributed by atoms with van der Waals surface area (Å²) in [5.41, 5.74) is 0.895. The summed E-state index contributed by atoms with van der Waals surface area (Å²) in [6.45, 7) is 2.45. The van der Waals surface area contributed by atoms with Crippen LogP contribution in [0.1, 0.15) is 44.2 Å². The second-order valence-electron chi connectivity index (χ2n) is 5.43. The molecule has 0 radical (unpaired) electrons. The molecule has 1 aromatic rings. The van der Waals surface area contributed by atoms with Crippen LogP contribution < -0.4 is 0 Å². The number of quaternary nitrogens is 1. The van der Waals surface area contributed by atoms with E-state index in [0.29, 0.717) is 6.54 Å². The van der Waals surface area contributed by atoms with Gasteiger partial charge in [0, 0.05) is 5.56 Å². The average molecular weight is 277 g/mol. The maximum atomic E-state index is 12.6. The molecular weight excluding hydrogens is 250 g/mol. The summed E-state index contributed by atoms with van der Waals surface area (Å²) in [6.07, 6.45) is 8.69. The van der Waals surface area contributed by atoms with Crippen molar-refractivity contribution in [2.45, 2.75) is 38.6 Å². The first-order chi connectivity index (χ1) is 9.61. The zero-order valence-electron chi connectivity index (χ0n) is 12.7. The normalized spacial score (nSPS) is 16.2. The Hall–Kier alpha value is -1.16. The van der Waals surface area contributed by atoms with Gasteiger partial charge in [-0.15, -0.1) is 0 Å². The van der Waals surface area contributed by atoms with Gasteiger partial charge in [0.2, 0.25) is 0 Å². The smallest absolute Gasteiger partial charge is 0.138 e. The number of allylic oxidation sites excluding steroid dienone is 1. The molecule has 0 saturated carbocycles. The largest absolute Gasteiger partial charge is 0.632 e. The molecule has 0 saturated heterocycles. The molecule has 1 unspecified atom stereocenters. The van der Waals surface area contributed by atoms with Crippen molar-refractivity contribution in [2.24, 2.45) is 0 Å². The summed E-state index contributed by atoms with van der Waals surface area (Å²) in [5.74, 6) is 0. The van der Waals surface area contributed by atoms with Crippen LogP contribution in [0.3, 0.4) is 0 Å². The molecule has 3 heteroatoms. The summed E-state index contributed by atoms with van der Waals surface area (Å²) in [4.78, 5) is 0. The van der Waals surface area contributed by atoms with Crippen molar-refractivity contribution < 1.29 is 9.75 Å². The zero-order chi connectivity index (χ0) is 14.8. The zero-order valence-corrected chi connectivity index (χ0v) is 12.7. The minimum atomic E-state index is -0.467. The number of rotatable bonds is 9. The molecule has 112 valence electrons. The number of unbranched alkanes of at least 4 members (excludes halogenated alkanes) is 3. The number of hydrogen-bond acceptors (Lipinski definition) is 2. The van der Waals surface area contributed by atoms with E-state index < -0.39 is 10.7 Å². The van der Waals surface area contributed by atoms with Crippen molar-refractivity contribution in [2.75, 3.05) is 20.2 Å². The summed E-state index contributed by atoms with van der Waals surface area (Å²) in [5, 5.41) is 22.2. The Morgan fingerprint density at radius 3 is 2.50 bits per heavy atom. The van der Waals surface area contributed by atoms with Crippen LogP contribution in [0.15, 0.2) is 42.5 Å². The van der Waals surface area contributed by atoms with Crippen LogP contribution in [-0.2, 0) is 0 Å². The van der Waals surface area contributed by atoms with Crippen molar-refractivity contribution in [3.05, 3.63) is 53.3 Å². The minimum Gasteiger partial charge on any atom is -0.632 e. The molecule has 3 nitrogen and oxygen atoms in total. The predicted molar refractivity (Wildman–Crippen MR) is 84.0 cm³/mol. The Labute approximate surface area is 122 Å². The molecule has 2 atom stereocenters. The molecule has 0 aliphatic rings. The van der Waals surface area contributed by atoms with E-state index >= 15 is 0 Å². The number of aliphatic hydroxyl groups excluding tert-OH is 1. The second-order valence-corrected chi connectivity index (χ2v) is 5.43. The number of hydroxylamine groups is 3. The predicted octanol–water partition coefficient (Wildman–Crippen LogP) is 3.80. The lowest BCUT2D eigenvalue weighted by molar-refractivity contribution is -0.887. The molecule has 0 fully saturated rings. The van der Waals surface area contributed by atoms with E-state index in [1.807, 2.05) is 36.4 Å². The third kappa shape index (κ3) is 5.45. The highest BCUT2D eigenvalue weighted by molar-refractivity contribution is 5.17. The van der Waals surface area contributed by atoms with Crippen molar-refractivity contribution in [3.63, 3.8) is 0 Å². The lowest BCUT2D eigenvalue weighted by Gasteiger charge is -2.44. The number of benzene rings is 1. The Kier molecular flexibility index (Phi) is 7.52. The monoisotopic (exact) mass is 277 g/mol. The molecule has 1 N–H and O–H groups in total. The number of nitrogens with zero attached hydrogens (tertiary/aromatic N) is 1. The average Bonchev–Trinajstić information content (AvgIpc) is 2.44. The molecule has 0 aliphatic heterocycles. The van der Waals surface area contributed by atoms with E-state index in [9.17, 15) is 10.3 Å². The van der Waals surface area contributed by atoms with Gasteiger partial charge < -0.3 is 15.0 Å². The van der Waals surface area contributed by atoms with Gasteiger partial charge in [-0.25, -0.2) is 0 Å². The van der Waals surface area contributed by atoms with Crippen molar-refractivity contribution in [1.82, 2.24) is 0 Å². The Bertz CT molecular complexity index is 387. The first kappa shape index (κ1) is 16.9. The van der Waals surface area contributed by atoms with Crippen LogP contribution >= 0.6 is 0 Å². The molecule has 0 amide bonds. The van der Waals surface area contributed by atoms with Gasteiger partial charge in [-0.2, -0.15) is 0 Å². The molecule has 1 rings (SSSR count). The summed E-state index contributed by atoms with van der Waals surface area (Å²) in [6, 6.07) is 9.11. The van der Waals surface area contributed by atoms with Crippen LogP contribution in [0, 0.1) is 5.21 Å². The SMILES string of the molecule is CCCCC/C=C\C[N+](C)([O-])[C@@H](CO)c1ccccc1. The molecular formula is C17H27NO2. The third-order valence-electron chi connectivity index (χ3n) is 3.63. The van der Waals surface area contributed by atoms with Gasteiger partial charge in [-0.05, 0) is 18.9 Å². The van der Waals surface area contributed by atoms with Crippen LogP contribution in [0.25, 0.3) is 0 Å². The van der Waals surface area contributed by atoms with Gasteiger partial charge in [-0.1, -0.05) is 56.2 Å². The molecule has 0 aromatic heterocycles. The van der Waals surface area contributed by atoms with E-state index in [1.165, 1.54) is 19.3 Å². The van der Waals surface area contributed by atoms with Crippen LogP contribution in [0.2, 0.25) is 0 Å². The summed E-state index contributed by atoms with van der Waals surface area (Å²) in [7, 11) is 1.63. The minimum absolute atomic E-state index is 0.131. The highest BCUT2D eigenvalue weighted by atomic mass is 16.5. The highest BCUT2D eigenvalue weighted by Crippen LogP contribution is 2.25. The molecule has 0 aliphatic carbocycles. The second kappa shape index (κ2) is 8.90. The van der Waals surface area contributed by atoms with Crippen molar-refractivity contribution >= 4 is 0 Å². The van der Waals surface area contributed by atoms with E-state index in [1.54, 1.807) is 7.05 Å². The fourth-order valence-corrected chi connectivity index (χ4v) is 2.31. The van der Waals surface area contributed by atoms with Gasteiger partial charge in [0.25, 0.3) is 0 Å². The van der Waals surface area contributed by atoms with Gasteiger partial charge in [-0.3, -0.25) is 0 Å². The fraction of sp³-hybridized carbons (Fsp3) is 0.529. The Balaban J connectivity index is 2.57. The highest BCUT2D eigenvalue weighted by Gasteiger charge is 2.24. The lowest BCUT2D eigenvalue weighted by atomic mass is 10.1. The quantitative estimate of drug-likeness (QED) is 0.323. The molecule has 0 bridgehead atoms. The Morgan fingerprint density at radius 1 is 1.20 bits per heavy atom. The van der Waals surface area contributed by atoms with Gasteiger partial charge in [0.1, 0.15) is 6.04 Å². The fourth-order valence-electron chi connectivity index (χ4n) is 2.31. The lowest BCUT2D eigenvalue weighted by Crippen LogP contribution is -2.43. The van der Waals surface area contributed by atoms with E-state index in [-0.39, 0.29) is 6.61 Å². The molecule has 0 heterocycles. The summed E-state index contributed by atoms with van der Waals surface area (Å²) < 4.78 is -0.467. The molecule has 1 aromatic carbocycles. The Morgan fingerprint density at radius 2 is 1.90 bits per heavy atom. The maximum absolute atomic E-state index is 12.6. The van der Waals surface area contributed by atoms with Gasteiger partial charge in [0.05, 0.1) is 20.2 Å². The van der Waals surface area contributed by atoms with Crippen LogP contribution in [-0.4, -0.2) is 30.0 Å². The van der Waals surface area contributed by atoms with Crippen LogP contribution in [0.4, 0.5) is 0 Å². The standard InChI is InChI=1S/C17H27NO2/c1-3-4-5-6-7-11-14-18(2,20)17(15-19)16-12-9-8-10-13-16/h7-13,17,19H,3-6,14-15H2,1-2H3/b11-7-/t17-,18?/m0/s1. The number of aliphatic hydroxyl groups is 1. The van der Waals surface area contributed by atoms with Crippen molar-refractivity contribution in [3.8, 4) is 0 Å². The van der Waals surface area contributed by atoms with Crippen molar-refractivity contribution in [1.29, 1.82) is 0 Å². The van der Waals surface area contributed by atoms with Gasteiger partial charge in [0.15, 0.2) is 0 Å². The summed E-state index contributed by atoms with van der Waals surface area (Å²) >= 11 is 0. The van der Waals surface area contributed by atoms with Gasteiger partial charge >= 0.3 is 0 Å². The van der Waals surface area contributed by atoms with E-state index in [2.05, 4.69) is 13.0 Å². The topological polar surface area (TPSA) is 43.3 Å². The van der Waals surface area contributed by atoms with E-state index in [0.717, 1.165) is 12.0 Å². The molecule has 0 spiro atoms. The first-order valence-electron chi connectivity index (χ1n) is 7.48. The first-order valence-corrected chi connectivity index (χ1v) is 7.48.